The van der Waals surface area contributed by atoms with E-state index in [2.05, 4.69) is 41.5 Å². The van der Waals surface area contributed by atoms with Crippen LogP contribution in [0.4, 0.5) is 0 Å². The van der Waals surface area contributed by atoms with Gasteiger partial charge in [-0.1, -0.05) is 59.2 Å². The third kappa shape index (κ3) is 2.52. The van der Waals surface area contributed by atoms with Crippen LogP contribution in [0.2, 0.25) is 5.02 Å². The number of rotatable bonds is 0. The fourth-order valence-electron chi connectivity index (χ4n) is 1.89. The Kier molecular flexibility index (Phi) is 3.31. The zero-order chi connectivity index (χ0) is 12.7. The Hall–Kier alpha value is -0.690. The van der Waals surface area contributed by atoms with Crippen LogP contribution >= 0.6 is 11.6 Å². The summed E-state index contributed by atoms with van der Waals surface area (Å²) in [5.74, 6) is 0.340. The van der Waals surface area contributed by atoms with Crippen molar-refractivity contribution in [1.29, 1.82) is 0 Å². The minimum absolute atomic E-state index is 0.0747. The van der Waals surface area contributed by atoms with Crippen LogP contribution in [0.5, 0.6) is 5.75 Å². The fourth-order valence-corrected chi connectivity index (χ4v) is 2.32. The summed E-state index contributed by atoms with van der Waals surface area (Å²) >= 11 is 6.18. The van der Waals surface area contributed by atoms with Crippen LogP contribution in [0.1, 0.15) is 52.7 Å². The average molecular weight is 241 g/mol. The second-order valence-electron chi connectivity index (χ2n) is 6.32. The largest absolute Gasteiger partial charge is 0.507 e. The molecule has 0 aliphatic rings. The van der Waals surface area contributed by atoms with Crippen molar-refractivity contribution < 1.29 is 5.11 Å². The van der Waals surface area contributed by atoms with Crippen molar-refractivity contribution in [3.05, 3.63) is 28.3 Å². The first kappa shape index (κ1) is 13.4. The minimum atomic E-state index is -0.150. The maximum absolute atomic E-state index is 10.4. The Morgan fingerprint density at radius 1 is 0.938 bits per heavy atom. The second-order valence-corrected chi connectivity index (χ2v) is 6.73. The van der Waals surface area contributed by atoms with Crippen LogP contribution in [0, 0.1) is 0 Å². The van der Waals surface area contributed by atoms with Gasteiger partial charge >= 0.3 is 0 Å². The van der Waals surface area contributed by atoms with Crippen LogP contribution < -0.4 is 0 Å². The SMILES string of the molecule is CC(C)(C)c1ccc(Cl)c(C(C)(C)C)c1O. The van der Waals surface area contributed by atoms with Gasteiger partial charge in [0.2, 0.25) is 0 Å². The predicted molar refractivity (Wildman–Crippen MR) is 70.5 cm³/mol. The van der Waals surface area contributed by atoms with Gasteiger partial charge in [-0.15, -0.1) is 0 Å². The molecule has 0 radical (unpaired) electrons. The van der Waals surface area contributed by atoms with Gasteiger partial charge in [0.15, 0.2) is 0 Å². The van der Waals surface area contributed by atoms with E-state index in [1.807, 2.05) is 12.1 Å². The Morgan fingerprint density at radius 3 is 1.81 bits per heavy atom. The summed E-state index contributed by atoms with van der Waals surface area (Å²) in [6, 6.07) is 3.79. The van der Waals surface area contributed by atoms with E-state index in [1.165, 1.54) is 0 Å². The molecule has 0 atom stereocenters. The predicted octanol–water partition coefficient (Wildman–Crippen LogP) is 4.64. The number of phenols is 1. The number of hydrogen-bond donors (Lipinski definition) is 1. The first-order valence-electron chi connectivity index (χ1n) is 5.57. The summed E-state index contributed by atoms with van der Waals surface area (Å²) < 4.78 is 0. The van der Waals surface area contributed by atoms with Crippen molar-refractivity contribution in [2.75, 3.05) is 0 Å². The van der Waals surface area contributed by atoms with Crippen LogP contribution in [0.15, 0.2) is 12.1 Å². The van der Waals surface area contributed by atoms with Gasteiger partial charge in [0.25, 0.3) is 0 Å². The lowest BCUT2D eigenvalue weighted by molar-refractivity contribution is 0.423. The van der Waals surface area contributed by atoms with Crippen molar-refractivity contribution in [2.24, 2.45) is 0 Å². The Labute approximate surface area is 103 Å². The van der Waals surface area contributed by atoms with Crippen molar-refractivity contribution in [1.82, 2.24) is 0 Å². The molecule has 1 aromatic rings. The molecule has 0 saturated carbocycles. The molecule has 0 saturated heterocycles. The molecule has 1 rings (SSSR count). The molecule has 0 fully saturated rings. The highest BCUT2D eigenvalue weighted by Gasteiger charge is 2.27. The normalized spacial score (nSPS) is 12.9. The highest BCUT2D eigenvalue weighted by molar-refractivity contribution is 6.31. The molecule has 0 bridgehead atoms. The van der Waals surface area contributed by atoms with Gasteiger partial charge in [-0.25, -0.2) is 0 Å². The lowest BCUT2D eigenvalue weighted by Gasteiger charge is -2.27. The van der Waals surface area contributed by atoms with Crippen molar-refractivity contribution in [3.8, 4) is 5.75 Å². The van der Waals surface area contributed by atoms with Crippen LogP contribution in [-0.2, 0) is 10.8 Å². The first-order chi connectivity index (χ1) is 7.05. The number of halogens is 1. The zero-order valence-corrected chi connectivity index (χ0v) is 11.7. The fraction of sp³-hybridized carbons (Fsp3) is 0.571. The summed E-state index contributed by atoms with van der Waals surface area (Å²) in [5.41, 5.74) is 1.56. The van der Waals surface area contributed by atoms with Gasteiger partial charge in [-0.3, -0.25) is 0 Å². The molecule has 90 valence electrons. The summed E-state index contributed by atoms with van der Waals surface area (Å²) in [5, 5.41) is 11.0. The quantitative estimate of drug-likeness (QED) is 0.701. The molecule has 1 aromatic carbocycles. The average Bonchev–Trinajstić information content (AvgIpc) is 1.97. The number of hydrogen-bond acceptors (Lipinski definition) is 1. The van der Waals surface area contributed by atoms with Crippen LogP contribution in [-0.4, -0.2) is 5.11 Å². The molecule has 0 unspecified atom stereocenters. The maximum atomic E-state index is 10.4. The van der Waals surface area contributed by atoms with E-state index >= 15 is 0 Å². The van der Waals surface area contributed by atoms with Crippen LogP contribution in [0.3, 0.4) is 0 Å². The topological polar surface area (TPSA) is 20.2 Å². The Morgan fingerprint density at radius 2 is 1.44 bits per heavy atom. The smallest absolute Gasteiger partial charge is 0.124 e. The van der Waals surface area contributed by atoms with Crippen molar-refractivity contribution >= 4 is 11.6 Å². The van der Waals surface area contributed by atoms with E-state index in [0.717, 1.165) is 11.1 Å². The van der Waals surface area contributed by atoms with Gasteiger partial charge in [0, 0.05) is 10.6 Å². The number of phenolic OH excluding ortho intramolecular Hbond substituents is 1. The minimum Gasteiger partial charge on any atom is -0.507 e. The Bertz CT molecular complexity index is 394. The van der Waals surface area contributed by atoms with Gasteiger partial charge in [-0.05, 0) is 22.5 Å². The number of aromatic hydroxyl groups is 1. The first-order valence-corrected chi connectivity index (χ1v) is 5.95. The summed E-state index contributed by atoms with van der Waals surface area (Å²) in [4.78, 5) is 0. The van der Waals surface area contributed by atoms with E-state index in [-0.39, 0.29) is 10.8 Å². The van der Waals surface area contributed by atoms with Crippen LogP contribution in [0.25, 0.3) is 0 Å². The van der Waals surface area contributed by atoms with E-state index in [9.17, 15) is 5.11 Å². The molecule has 16 heavy (non-hydrogen) atoms. The molecule has 1 nitrogen and oxygen atoms in total. The van der Waals surface area contributed by atoms with Gasteiger partial charge < -0.3 is 5.11 Å². The third-order valence-corrected chi connectivity index (χ3v) is 3.00. The molecule has 0 spiro atoms. The molecular weight excluding hydrogens is 220 g/mol. The second kappa shape index (κ2) is 3.96. The highest BCUT2D eigenvalue weighted by Crippen LogP contribution is 2.42. The number of benzene rings is 1. The molecule has 0 heterocycles. The lowest BCUT2D eigenvalue weighted by Crippen LogP contribution is -2.17. The molecule has 0 amide bonds. The van der Waals surface area contributed by atoms with E-state index < -0.39 is 0 Å². The lowest BCUT2D eigenvalue weighted by atomic mass is 9.79. The highest BCUT2D eigenvalue weighted by atomic mass is 35.5. The van der Waals surface area contributed by atoms with E-state index in [1.54, 1.807) is 0 Å². The molecule has 2 heteroatoms. The van der Waals surface area contributed by atoms with Crippen molar-refractivity contribution in [3.63, 3.8) is 0 Å². The van der Waals surface area contributed by atoms with Crippen molar-refractivity contribution in [2.45, 2.75) is 52.4 Å². The maximum Gasteiger partial charge on any atom is 0.124 e. The molecule has 0 aromatic heterocycles. The summed E-state index contributed by atoms with van der Waals surface area (Å²) in [6.07, 6.45) is 0. The monoisotopic (exact) mass is 240 g/mol. The molecule has 1 N–H and O–H groups in total. The third-order valence-electron chi connectivity index (χ3n) is 2.69. The molecule has 0 aliphatic carbocycles. The van der Waals surface area contributed by atoms with E-state index in [0.29, 0.717) is 10.8 Å². The van der Waals surface area contributed by atoms with Gasteiger partial charge in [0.1, 0.15) is 5.75 Å². The zero-order valence-electron chi connectivity index (χ0n) is 11.0. The molecular formula is C14H21ClO. The molecule has 0 aliphatic heterocycles. The standard InChI is InChI=1S/C14H21ClO/c1-13(2,3)9-7-8-10(15)11(12(9)16)14(4,5)6/h7-8,16H,1-6H3. The summed E-state index contributed by atoms with van der Waals surface area (Å²) in [7, 11) is 0. The van der Waals surface area contributed by atoms with E-state index in [4.69, 9.17) is 11.6 Å². The van der Waals surface area contributed by atoms with Gasteiger partial charge in [-0.2, -0.15) is 0 Å². The van der Waals surface area contributed by atoms with Gasteiger partial charge in [0.05, 0.1) is 0 Å². The summed E-state index contributed by atoms with van der Waals surface area (Å²) in [6.45, 7) is 12.4. The Balaban J connectivity index is 3.52.